The molecule has 1 aromatic heterocycles. The van der Waals surface area contributed by atoms with Gasteiger partial charge in [0.1, 0.15) is 0 Å². The summed E-state index contributed by atoms with van der Waals surface area (Å²) in [6.45, 7) is 0. The number of aromatic nitrogens is 2. The summed E-state index contributed by atoms with van der Waals surface area (Å²) in [6.07, 6.45) is 1.59. The van der Waals surface area contributed by atoms with Gasteiger partial charge in [-0.2, -0.15) is 10.2 Å². The molecule has 0 saturated carbocycles. The fourth-order valence-corrected chi connectivity index (χ4v) is 2.86. The lowest BCUT2D eigenvalue weighted by Gasteiger charge is -2.04. The number of nitrogens with one attached hydrogen (secondary N) is 2. The maximum atomic E-state index is 12.4. The molecule has 0 bridgehead atoms. The van der Waals surface area contributed by atoms with Crippen molar-refractivity contribution < 1.29 is 4.79 Å². The number of hydrazone groups is 1. The van der Waals surface area contributed by atoms with Gasteiger partial charge in [0.15, 0.2) is 5.69 Å². The van der Waals surface area contributed by atoms with E-state index in [9.17, 15) is 9.59 Å². The summed E-state index contributed by atoms with van der Waals surface area (Å²) in [7, 11) is 0. The molecule has 0 aliphatic heterocycles. The number of rotatable bonds is 3. The van der Waals surface area contributed by atoms with Crippen molar-refractivity contribution in [2.75, 3.05) is 0 Å². The zero-order chi connectivity index (χ0) is 17.9. The second-order valence-electron chi connectivity index (χ2n) is 5.71. The molecule has 0 fully saturated rings. The van der Waals surface area contributed by atoms with E-state index in [1.165, 1.54) is 0 Å². The fourth-order valence-electron chi connectivity index (χ4n) is 2.86. The first-order valence-electron chi connectivity index (χ1n) is 8.02. The number of nitrogens with zero attached hydrogens (tertiary/aromatic N) is 2. The van der Waals surface area contributed by atoms with E-state index in [1.807, 2.05) is 42.5 Å². The van der Waals surface area contributed by atoms with Crippen molar-refractivity contribution >= 4 is 33.7 Å². The molecule has 0 aliphatic carbocycles. The molecule has 26 heavy (non-hydrogen) atoms. The minimum atomic E-state index is -0.492. The van der Waals surface area contributed by atoms with Crippen molar-refractivity contribution in [3.05, 3.63) is 88.3 Å². The monoisotopic (exact) mass is 342 g/mol. The summed E-state index contributed by atoms with van der Waals surface area (Å²) in [5.41, 5.74) is 3.15. The van der Waals surface area contributed by atoms with Crippen LogP contribution in [0.5, 0.6) is 0 Å². The SMILES string of the molecule is O=C(N/N=C\c1cccc2ccccc12)c1n[nH]c(=O)c2ccccc12. The van der Waals surface area contributed by atoms with Crippen molar-refractivity contribution in [1.29, 1.82) is 0 Å². The number of aromatic amines is 1. The summed E-state index contributed by atoms with van der Waals surface area (Å²) in [5, 5.41) is 13.3. The summed E-state index contributed by atoms with van der Waals surface area (Å²) in [5.74, 6) is -0.492. The number of hydrogen-bond acceptors (Lipinski definition) is 4. The van der Waals surface area contributed by atoms with E-state index in [0.717, 1.165) is 16.3 Å². The molecule has 3 aromatic carbocycles. The van der Waals surface area contributed by atoms with E-state index < -0.39 is 5.91 Å². The average Bonchev–Trinajstić information content (AvgIpc) is 2.68. The third-order valence-corrected chi connectivity index (χ3v) is 4.10. The number of H-pyrrole nitrogens is 1. The highest BCUT2D eigenvalue weighted by molar-refractivity contribution is 6.05. The van der Waals surface area contributed by atoms with Gasteiger partial charge in [0, 0.05) is 10.9 Å². The molecule has 0 atom stereocenters. The predicted octanol–water partition coefficient (Wildman–Crippen LogP) is 2.84. The Morgan fingerprint density at radius 1 is 0.923 bits per heavy atom. The number of carbonyl (C=O) groups is 1. The third-order valence-electron chi connectivity index (χ3n) is 4.10. The summed E-state index contributed by atoms with van der Waals surface area (Å²) >= 11 is 0. The minimum absolute atomic E-state index is 0.121. The first-order valence-corrected chi connectivity index (χ1v) is 8.02. The van der Waals surface area contributed by atoms with Gasteiger partial charge in [-0.3, -0.25) is 9.59 Å². The van der Waals surface area contributed by atoms with Crippen LogP contribution in [0.2, 0.25) is 0 Å². The normalized spacial score (nSPS) is 11.2. The first kappa shape index (κ1) is 15.7. The van der Waals surface area contributed by atoms with Gasteiger partial charge in [-0.15, -0.1) is 0 Å². The van der Waals surface area contributed by atoms with E-state index in [-0.39, 0.29) is 11.3 Å². The van der Waals surface area contributed by atoms with Gasteiger partial charge in [0.05, 0.1) is 11.6 Å². The van der Waals surface area contributed by atoms with Crippen LogP contribution in [0.4, 0.5) is 0 Å². The van der Waals surface area contributed by atoms with Gasteiger partial charge in [0.2, 0.25) is 0 Å². The van der Waals surface area contributed by atoms with Gasteiger partial charge in [0.25, 0.3) is 11.5 Å². The van der Waals surface area contributed by atoms with Crippen LogP contribution in [0.25, 0.3) is 21.5 Å². The molecular formula is C20H14N4O2. The van der Waals surface area contributed by atoms with Gasteiger partial charge in [-0.1, -0.05) is 60.7 Å². The van der Waals surface area contributed by atoms with Crippen LogP contribution < -0.4 is 11.0 Å². The number of benzene rings is 3. The molecule has 0 spiro atoms. The molecule has 6 heteroatoms. The standard InChI is InChI=1S/C20H14N4O2/c25-19-17-11-4-3-10-16(17)18(22-24-19)20(26)23-21-12-14-8-5-7-13-6-1-2-9-15(13)14/h1-12H,(H,23,26)(H,24,25)/b21-12-. The van der Waals surface area contributed by atoms with Gasteiger partial charge in [-0.05, 0) is 16.8 Å². The lowest BCUT2D eigenvalue weighted by atomic mass is 10.1. The van der Waals surface area contributed by atoms with E-state index in [2.05, 4.69) is 20.7 Å². The molecule has 4 aromatic rings. The predicted molar refractivity (Wildman–Crippen MR) is 101 cm³/mol. The van der Waals surface area contributed by atoms with Crippen molar-refractivity contribution in [1.82, 2.24) is 15.6 Å². The summed E-state index contributed by atoms with van der Waals surface area (Å²) in [4.78, 5) is 24.2. The highest BCUT2D eigenvalue weighted by atomic mass is 16.2. The van der Waals surface area contributed by atoms with Crippen LogP contribution in [-0.2, 0) is 0 Å². The van der Waals surface area contributed by atoms with Gasteiger partial charge in [-0.25, -0.2) is 10.5 Å². The maximum absolute atomic E-state index is 12.4. The van der Waals surface area contributed by atoms with Gasteiger partial charge < -0.3 is 0 Å². The fraction of sp³-hybridized carbons (Fsp3) is 0. The number of hydrogen-bond donors (Lipinski definition) is 2. The minimum Gasteiger partial charge on any atom is -0.267 e. The van der Waals surface area contributed by atoms with Crippen LogP contribution in [0.15, 0.2) is 76.6 Å². The van der Waals surface area contributed by atoms with Crippen LogP contribution in [0.1, 0.15) is 16.1 Å². The molecule has 6 nitrogen and oxygen atoms in total. The number of amides is 1. The van der Waals surface area contributed by atoms with E-state index in [0.29, 0.717) is 10.8 Å². The molecule has 0 aliphatic rings. The third kappa shape index (κ3) is 2.84. The van der Waals surface area contributed by atoms with Crippen LogP contribution in [-0.4, -0.2) is 22.3 Å². The second-order valence-corrected chi connectivity index (χ2v) is 5.71. The smallest absolute Gasteiger partial charge is 0.267 e. The van der Waals surface area contributed by atoms with Crippen LogP contribution >= 0.6 is 0 Å². The Morgan fingerprint density at radius 2 is 1.62 bits per heavy atom. The number of carbonyl (C=O) groups excluding carboxylic acids is 1. The Labute approximate surface area is 148 Å². The highest BCUT2D eigenvalue weighted by Crippen LogP contribution is 2.17. The average molecular weight is 342 g/mol. The molecule has 126 valence electrons. The topological polar surface area (TPSA) is 87.2 Å². The molecular weight excluding hydrogens is 328 g/mol. The molecule has 0 saturated heterocycles. The zero-order valence-corrected chi connectivity index (χ0v) is 13.6. The summed E-state index contributed by atoms with van der Waals surface area (Å²) < 4.78 is 0. The lowest BCUT2D eigenvalue weighted by Crippen LogP contribution is -2.22. The molecule has 0 unspecified atom stereocenters. The summed E-state index contributed by atoms with van der Waals surface area (Å²) in [6, 6.07) is 20.6. The van der Waals surface area contributed by atoms with Crippen molar-refractivity contribution in [3.8, 4) is 0 Å². The quantitative estimate of drug-likeness (QED) is 0.443. The molecule has 1 amide bonds. The maximum Gasteiger partial charge on any atom is 0.292 e. The van der Waals surface area contributed by atoms with Crippen molar-refractivity contribution in [2.24, 2.45) is 5.10 Å². The molecule has 1 heterocycles. The Balaban J connectivity index is 1.62. The Morgan fingerprint density at radius 3 is 2.46 bits per heavy atom. The van der Waals surface area contributed by atoms with E-state index >= 15 is 0 Å². The van der Waals surface area contributed by atoms with Crippen molar-refractivity contribution in [3.63, 3.8) is 0 Å². The molecule has 4 rings (SSSR count). The molecule has 2 N–H and O–H groups in total. The van der Waals surface area contributed by atoms with Gasteiger partial charge >= 0.3 is 0 Å². The zero-order valence-electron chi connectivity index (χ0n) is 13.6. The number of fused-ring (bicyclic) bond motifs is 2. The van der Waals surface area contributed by atoms with Crippen LogP contribution in [0.3, 0.4) is 0 Å². The Kier molecular flexibility index (Phi) is 3.99. The van der Waals surface area contributed by atoms with E-state index in [4.69, 9.17) is 0 Å². The lowest BCUT2D eigenvalue weighted by molar-refractivity contribution is 0.0951. The Bertz CT molecular complexity index is 1210. The molecule has 0 radical (unpaired) electrons. The second kappa shape index (κ2) is 6.60. The van der Waals surface area contributed by atoms with Crippen molar-refractivity contribution in [2.45, 2.75) is 0 Å². The Hall–Kier alpha value is -3.80. The van der Waals surface area contributed by atoms with E-state index in [1.54, 1.807) is 30.5 Å². The largest absolute Gasteiger partial charge is 0.292 e. The first-order chi connectivity index (χ1) is 12.7. The van der Waals surface area contributed by atoms with Crippen LogP contribution in [0, 0.1) is 0 Å². The highest BCUT2D eigenvalue weighted by Gasteiger charge is 2.13.